The summed E-state index contributed by atoms with van der Waals surface area (Å²) in [5.41, 5.74) is 10.6. The van der Waals surface area contributed by atoms with Crippen LogP contribution >= 0.6 is 0 Å². The normalized spacial score (nSPS) is 32.8. The first kappa shape index (κ1) is 21.6. The van der Waals surface area contributed by atoms with Gasteiger partial charge < -0.3 is 15.2 Å². The number of hydrogen-bond donors (Lipinski definition) is 5. The third-order valence-electron chi connectivity index (χ3n) is 7.54. The number of aromatic hydroxyl groups is 1. The van der Waals surface area contributed by atoms with Gasteiger partial charge >= 0.3 is 0 Å². The fraction of sp³-hybridized carbons (Fsp3) is 0.542. The van der Waals surface area contributed by atoms with Gasteiger partial charge in [0.1, 0.15) is 17.7 Å². The fourth-order valence-corrected chi connectivity index (χ4v) is 5.73. The number of likely N-dealkylation sites (N-methyl/N-ethyl adjacent to an activating group) is 1. The lowest BCUT2D eigenvalue weighted by molar-refractivity contribution is 0.135. The zero-order valence-corrected chi connectivity index (χ0v) is 18.6. The molecular formula is C24H32FN5O2. The highest BCUT2D eigenvalue weighted by Gasteiger charge is 2.48. The standard InChI is InChI=1S/C24H32FN5O2/c1-3-13-9-16(32)4-5-17(13)18-6-7-19-22(21(18)25)28-29-23(19)24-26-10-20(27-24)14-8-15(12-31)30(2)11-14/h4-5,8-10,15,18-19,21-23,28-29,31-32H,3,6-7,11-12H2,1-2H3,(H,26,27)/t15-,18?,19?,21?,22?,23?/m0/s1. The number of aromatic amines is 1. The lowest BCUT2D eigenvalue weighted by Gasteiger charge is -2.36. The third-order valence-corrected chi connectivity index (χ3v) is 7.54. The van der Waals surface area contributed by atoms with Crippen molar-refractivity contribution >= 4 is 5.57 Å². The summed E-state index contributed by atoms with van der Waals surface area (Å²) in [5, 5.41) is 19.3. The number of aliphatic hydroxyl groups is 1. The maximum Gasteiger partial charge on any atom is 0.125 e. The van der Waals surface area contributed by atoms with E-state index >= 15 is 4.39 Å². The fourth-order valence-electron chi connectivity index (χ4n) is 5.73. The molecule has 1 aromatic carbocycles. The number of aromatic nitrogens is 2. The largest absolute Gasteiger partial charge is 0.508 e. The van der Waals surface area contributed by atoms with E-state index in [4.69, 9.17) is 0 Å². The van der Waals surface area contributed by atoms with E-state index in [2.05, 4.69) is 31.8 Å². The number of aliphatic hydroxyl groups excluding tert-OH is 1. The monoisotopic (exact) mass is 441 g/mol. The Morgan fingerprint density at radius 1 is 1.25 bits per heavy atom. The van der Waals surface area contributed by atoms with E-state index in [-0.39, 0.29) is 42.3 Å². The van der Waals surface area contributed by atoms with Crippen LogP contribution in [0, 0.1) is 5.92 Å². The average Bonchev–Trinajstić information content (AvgIpc) is 3.52. The quantitative estimate of drug-likeness (QED) is 0.489. The summed E-state index contributed by atoms with van der Waals surface area (Å²) in [6.45, 7) is 2.89. The van der Waals surface area contributed by atoms with Gasteiger partial charge in [0.15, 0.2) is 0 Å². The number of alkyl halides is 1. The summed E-state index contributed by atoms with van der Waals surface area (Å²) >= 11 is 0. The first-order valence-electron chi connectivity index (χ1n) is 11.5. The molecule has 0 bridgehead atoms. The number of nitrogens with zero attached hydrogens (tertiary/aromatic N) is 2. The molecule has 1 saturated carbocycles. The Labute approximate surface area is 187 Å². The molecule has 5 unspecified atom stereocenters. The number of nitrogens with one attached hydrogen (secondary N) is 3. The van der Waals surface area contributed by atoms with Crippen LogP contribution in [0.5, 0.6) is 5.75 Å². The molecule has 5 N–H and O–H groups in total. The van der Waals surface area contributed by atoms with Crippen LogP contribution < -0.4 is 10.9 Å². The van der Waals surface area contributed by atoms with Gasteiger partial charge in [-0.15, -0.1) is 0 Å². The van der Waals surface area contributed by atoms with Gasteiger partial charge in [-0.05, 0) is 55.1 Å². The number of phenolic OH excluding ortho intramolecular Hbond substituents is 1. The molecule has 7 nitrogen and oxygen atoms in total. The molecule has 3 aliphatic rings. The summed E-state index contributed by atoms with van der Waals surface area (Å²) in [4.78, 5) is 10.2. The molecule has 1 saturated heterocycles. The molecule has 2 fully saturated rings. The lowest BCUT2D eigenvalue weighted by atomic mass is 9.71. The zero-order valence-electron chi connectivity index (χ0n) is 18.6. The number of hydrazine groups is 1. The number of aryl methyl sites for hydroxylation is 1. The van der Waals surface area contributed by atoms with Crippen molar-refractivity contribution in [3.05, 3.63) is 53.1 Å². The molecular weight excluding hydrogens is 409 g/mol. The Balaban J connectivity index is 1.33. The second-order valence-electron chi connectivity index (χ2n) is 9.36. The van der Waals surface area contributed by atoms with Crippen LogP contribution in [0.2, 0.25) is 0 Å². The minimum atomic E-state index is -1.02. The molecule has 0 spiro atoms. The third kappa shape index (κ3) is 3.65. The first-order chi connectivity index (χ1) is 15.5. The van der Waals surface area contributed by atoms with Crippen molar-refractivity contribution in [2.24, 2.45) is 5.92 Å². The van der Waals surface area contributed by atoms with Crippen LogP contribution in [0.3, 0.4) is 0 Å². The Morgan fingerprint density at radius 3 is 2.84 bits per heavy atom. The molecule has 6 atom stereocenters. The topological polar surface area (TPSA) is 96.4 Å². The Hall–Kier alpha value is -2.26. The van der Waals surface area contributed by atoms with Crippen LogP contribution in [-0.4, -0.2) is 63.5 Å². The number of imidazole rings is 1. The van der Waals surface area contributed by atoms with Crippen molar-refractivity contribution in [2.45, 2.75) is 56.4 Å². The first-order valence-corrected chi connectivity index (χ1v) is 11.5. The zero-order chi connectivity index (χ0) is 22.4. The minimum Gasteiger partial charge on any atom is -0.508 e. The van der Waals surface area contributed by atoms with Gasteiger partial charge in [-0.3, -0.25) is 10.3 Å². The van der Waals surface area contributed by atoms with Gasteiger partial charge in [0.05, 0.1) is 36.6 Å². The number of halogens is 1. The van der Waals surface area contributed by atoms with Crippen molar-refractivity contribution in [1.82, 2.24) is 25.7 Å². The van der Waals surface area contributed by atoms with Crippen molar-refractivity contribution in [3.63, 3.8) is 0 Å². The van der Waals surface area contributed by atoms with E-state index in [0.29, 0.717) is 0 Å². The second kappa shape index (κ2) is 8.59. The van der Waals surface area contributed by atoms with Gasteiger partial charge in [0.2, 0.25) is 0 Å². The molecule has 5 rings (SSSR count). The van der Waals surface area contributed by atoms with E-state index < -0.39 is 6.17 Å². The van der Waals surface area contributed by atoms with Crippen LogP contribution in [0.25, 0.3) is 5.57 Å². The maximum absolute atomic E-state index is 15.7. The van der Waals surface area contributed by atoms with Crippen LogP contribution in [-0.2, 0) is 6.42 Å². The van der Waals surface area contributed by atoms with Crippen LogP contribution in [0.15, 0.2) is 30.5 Å². The molecule has 8 heteroatoms. The van der Waals surface area contributed by atoms with Crippen LogP contribution in [0.4, 0.5) is 4.39 Å². The number of phenols is 1. The summed E-state index contributed by atoms with van der Waals surface area (Å²) in [6, 6.07) is 4.97. The average molecular weight is 442 g/mol. The predicted octanol–water partition coefficient (Wildman–Crippen LogP) is 2.42. The van der Waals surface area contributed by atoms with Gasteiger partial charge in [-0.25, -0.2) is 14.8 Å². The van der Waals surface area contributed by atoms with Crippen molar-refractivity contribution < 1.29 is 14.6 Å². The Kier molecular flexibility index (Phi) is 5.79. The molecule has 1 aromatic heterocycles. The number of fused-ring (bicyclic) bond motifs is 1. The van der Waals surface area contributed by atoms with E-state index in [9.17, 15) is 10.2 Å². The van der Waals surface area contributed by atoms with E-state index in [1.165, 1.54) is 0 Å². The van der Waals surface area contributed by atoms with Gasteiger partial charge in [0, 0.05) is 18.4 Å². The molecule has 1 aliphatic carbocycles. The SMILES string of the molecule is CCc1cc(O)ccc1C1CCC2C(c3ncc(C4=C[C@@H](CO)N(C)C4)[nH]3)NNC2C1F. The summed E-state index contributed by atoms with van der Waals surface area (Å²) in [6.07, 6.45) is 5.32. The Morgan fingerprint density at radius 2 is 2.09 bits per heavy atom. The van der Waals surface area contributed by atoms with E-state index in [0.717, 1.165) is 54.0 Å². The van der Waals surface area contributed by atoms with Crippen molar-refractivity contribution in [1.29, 1.82) is 0 Å². The smallest absolute Gasteiger partial charge is 0.125 e. The van der Waals surface area contributed by atoms with Crippen molar-refractivity contribution in [2.75, 3.05) is 20.2 Å². The highest BCUT2D eigenvalue weighted by atomic mass is 19.1. The highest BCUT2D eigenvalue weighted by Crippen LogP contribution is 2.45. The molecule has 2 aromatic rings. The summed E-state index contributed by atoms with van der Waals surface area (Å²) < 4.78 is 15.7. The molecule has 3 heterocycles. The highest BCUT2D eigenvalue weighted by molar-refractivity contribution is 5.66. The van der Waals surface area contributed by atoms with E-state index in [1.807, 2.05) is 26.2 Å². The molecule has 32 heavy (non-hydrogen) atoms. The second-order valence-corrected chi connectivity index (χ2v) is 9.36. The number of rotatable bonds is 5. The number of hydrogen-bond acceptors (Lipinski definition) is 6. The lowest BCUT2D eigenvalue weighted by Crippen LogP contribution is -2.45. The summed E-state index contributed by atoms with van der Waals surface area (Å²) in [7, 11) is 1.99. The number of benzene rings is 1. The molecule has 172 valence electrons. The van der Waals surface area contributed by atoms with Gasteiger partial charge in [-0.1, -0.05) is 19.1 Å². The van der Waals surface area contributed by atoms with E-state index in [1.54, 1.807) is 12.1 Å². The minimum absolute atomic E-state index is 0.0305. The Bertz CT molecular complexity index is 1010. The molecule has 0 radical (unpaired) electrons. The predicted molar refractivity (Wildman–Crippen MR) is 121 cm³/mol. The number of H-pyrrole nitrogens is 1. The van der Waals surface area contributed by atoms with Crippen LogP contribution in [0.1, 0.15) is 54.4 Å². The van der Waals surface area contributed by atoms with Gasteiger partial charge in [-0.2, -0.15) is 0 Å². The summed E-state index contributed by atoms with van der Waals surface area (Å²) in [5.74, 6) is 0.980. The maximum atomic E-state index is 15.7. The molecule has 0 amide bonds. The molecule has 2 aliphatic heterocycles. The van der Waals surface area contributed by atoms with Crippen molar-refractivity contribution in [3.8, 4) is 5.75 Å². The van der Waals surface area contributed by atoms with Gasteiger partial charge in [0.25, 0.3) is 0 Å².